The molecule has 0 radical (unpaired) electrons. The lowest BCUT2D eigenvalue weighted by molar-refractivity contribution is 0.0708. The van der Waals surface area contributed by atoms with Crippen LogP contribution in [-0.4, -0.2) is 27.8 Å². The number of aryl methyl sites for hydroxylation is 1. The van der Waals surface area contributed by atoms with Crippen LogP contribution in [-0.2, 0) is 6.42 Å². The Bertz CT molecular complexity index is 1170. The lowest BCUT2D eigenvalue weighted by Gasteiger charge is -2.10. The molecule has 1 amide bonds. The second-order valence-corrected chi connectivity index (χ2v) is 7.11. The summed E-state index contributed by atoms with van der Waals surface area (Å²) < 4.78 is 0. The van der Waals surface area contributed by atoms with E-state index in [1.165, 1.54) is 5.56 Å². The molecule has 0 saturated heterocycles. The van der Waals surface area contributed by atoms with Crippen LogP contribution >= 0.6 is 0 Å². The third-order valence-corrected chi connectivity index (χ3v) is 5.15. The monoisotopic (exact) mass is 398 g/mol. The number of aromatic nitrogens is 1. The molecule has 1 aromatic heterocycles. The number of hydroxylamine groups is 1. The molecule has 4 rings (SSSR count). The molecule has 0 spiro atoms. The van der Waals surface area contributed by atoms with Gasteiger partial charge in [0.15, 0.2) is 0 Å². The number of carbonyl (C=O) groups is 1. The van der Waals surface area contributed by atoms with Crippen LogP contribution in [0.25, 0.3) is 33.3 Å². The minimum absolute atomic E-state index is 0.202. The Hall–Kier alpha value is -3.54. The summed E-state index contributed by atoms with van der Waals surface area (Å²) >= 11 is 0. The number of pyridine rings is 1. The Morgan fingerprint density at radius 1 is 0.867 bits per heavy atom. The van der Waals surface area contributed by atoms with Crippen molar-refractivity contribution in [3.05, 3.63) is 90.0 Å². The molecule has 0 aliphatic rings. The number of nitrogens with zero attached hydrogens (tertiary/aromatic N) is 1. The maximum absolute atomic E-state index is 12.1. The number of aliphatic hydroxyl groups excluding tert-OH is 1. The van der Waals surface area contributed by atoms with E-state index in [2.05, 4.69) is 29.2 Å². The number of amides is 1. The van der Waals surface area contributed by atoms with Crippen LogP contribution in [0.15, 0.2) is 78.9 Å². The van der Waals surface area contributed by atoms with E-state index in [1.807, 2.05) is 48.5 Å². The predicted octanol–water partition coefficient (Wildman–Crippen LogP) is 4.61. The Labute approximate surface area is 174 Å². The molecule has 0 bridgehead atoms. The van der Waals surface area contributed by atoms with Crippen molar-refractivity contribution in [2.45, 2.75) is 12.8 Å². The third-order valence-electron chi connectivity index (χ3n) is 5.15. The molecular formula is C25H22N2O3. The molecular weight excluding hydrogens is 376 g/mol. The Balaban J connectivity index is 1.66. The van der Waals surface area contributed by atoms with Gasteiger partial charge in [-0.1, -0.05) is 66.7 Å². The highest BCUT2D eigenvalue weighted by atomic mass is 16.5. The topological polar surface area (TPSA) is 82.5 Å². The van der Waals surface area contributed by atoms with Crippen LogP contribution in [0.3, 0.4) is 0 Å². The first-order valence-electron chi connectivity index (χ1n) is 9.84. The Morgan fingerprint density at radius 3 is 2.17 bits per heavy atom. The zero-order valence-electron chi connectivity index (χ0n) is 16.4. The molecule has 0 fully saturated rings. The molecule has 0 saturated carbocycles. The fourth-order valence-electron chi connectivity index (χ4n) is 3.55. The van der Waals surface area contributed by atoms with Gasteiger partial charge in [0.25, 0.3) is 5.91 Å². The Kier molecular flexibility index (Phi) is 5.84. The summed E-state index contributed by atoms with van der Waals surface area (Å²) in [6.07, 6.45) is 1.64. The van der Waals surface area contributed by atoms with Crippen LogP contribution in [0.2, 0.25) is 0 Å². The van der Waals surface area contributed by atoms with Crippen molar-refractivity contribution in [2.24, 2.45) is 0 Å². The molecule has 3 N–H and O–H groups in total. The van der Waals surface area contributed by atoms with E-state index in [9.17, 15) is 4.79 Å². The van der Waals surface area contributed by atoms with Gasteiger partial charge in [-0.15, -0.1) is 0 Å². The van der Waals surface area contributed by atoms with E-state index in [0.717, 1.165) is 29.5 Å². The molecule has 5 nitrogen and oxygen atoms in total. The molecule has 0 unspecified atom stereocenters. The average Bonchev–Trinajstić information content (AvgIpc) is 2.82. The summed E-state index contributed by atoms with van der Waals surface area (Å²) in [7, 11) is 0. The van der Waals surface area contributed by atoms with Crippen molar-refractivity contribution in [1.82, 2.24) is 10.5 Å². The minimum atomic E-state index is -0.562. The molecule has 0 aliphatic heterocycles. The maximum atomic E-state index is 12.1. The van der Waals surface area contributed by atoms with Gasteiger partial charge in [-0.2, -0.15) is 0 Å². The van der Waals surface area contributed by atoms with Crippen molar-refractivity contribution in [2.75, 3.05) is 6.61 Å². The lowest BCUT2D eigenvalue weighted by atomic mass is 9.99. The molecule has 150 valence electrons. The normalized spacial score (nSPS) is 10.9. The van der Waals surface area contributed by atoms with E-state index < -0.39 is 5.91 Å². The number of rotatable bonds is 6. The first-order valence-corrected chi connectivity index (χ1v) is 9.84. The highest BCUT2D eigenvalue weighted by Crippen LogP contribution is 2.27. The number of benzene rings is 3. The number of carbonyl (C=O) groups excluding carboxylic acids is 1. The van der Waals surface area contributed by atoms with Crippen LogP contribution in [0.5, 0.6) is 0 Å². The Morgan fingerprint density at radius 2 is 1.50 bits per heavy atom. The van der Waals surface area contributed by atoms with Gasteiger partial charge in [-0.05, 0) is 41.7 Å². The summed E-state index contributed by atoms with van der Waals surface area (Å²) in [6.45, 7) is 0.202. The first-order chi connectivity index (χ1) is 14.7. The molecule has 4 aromatic rings. The summed E-state index contributed by atoms with van der Waals surface area (Å²) in [5.74, 6) is -0.562. The molecule has 30 heavy (non-hydrogen) atoms. The highest BCUT2D eigenvalue weighted by molar-refractivity contribution is 6.06. The lowest BCUT2D eigenvalue weighted by Crippen LogP contribution is -2.19. The number of hydrogen-bond donors (Lipinski definition) is 3. The van der Waals surface area contributed by atoms with E-state index in [-0.39, 0.29) is 6.61 Å². The molecule has 1 heterocycles. The van der Waals surface area contributed by atoms with Gasteiger partial charge < -0.3 is 5.11 Å². The fraction of sp³-hybridized carbons (Fsp3) is 0.120. The second kappa shape index (κ2) is 8.86. The number of nitrogens with one attached hydrogen (secondary N) is 1. The molecule has 3 aromatic carbocycles. The maximum Gasteiger partial charge on any atom is 0.275 e. The largest absolute Gasteiger partial charge is 0.396 e. The van der Waals surface area contributed by atoms with Gasteiger partial charge in [0.1, 0.15) is 0 Å². The predicted molar refractivity (Wildman–Crippen MR) is 117 cm³/mol. The van der Waals surface area contributed by atoms with E-state index >= 15 is 0 Å². The highest BCUT2D eigenvalue weighted by Gasteiger charge is 2.13. The van der Waals surface area contributed by atoms with Gasteiger partial charge in [-0.25, -0.2) is 10.5 Å². The minimum Gasteiger partial charge on any atom is -0.396 e. The van der Waals surface area contributed by atoms with Gasteiger partial charge in [0.2, 0.25) is 0 Å². The van der Waals surface area contributed by atoms with Crippen molar-refractivity contribution < 1.29 is 15.1 Å². The van der Waals surface area contributed by atoms with Crippen molar-refractivity contribution in [3.63, 3.8) is 0 Å². The summed E-state index contributed by atoms with van der Waals surface area (Å²) in [5.41, 5.74) is 7.74. The smallest absolute Gasteiger partial charge is 0.275 e. The zero-order valence-corrected chi connectivity index (χ0v) is 16.4. The fourth-order valence-corrected chi connectivity index (χ4v) is 3.55. The first kappa shape index (κ1) is 19.8. The second-order valence-electron chi connectivity index (χ2n) is 7.11. The van der Waals surface area contributed by atoms with Crippen LogP contribution in [0.4, 0.5) is 0 Å². The standard InChI is InChI=1S/C25H22N2O3/c28-15-3-4-17-7-9-18(10-8-17)19-11-13-20(14-12-19)24-16-22(25(29)27-30)21-5-1-2-6-23(21)26-24/h1-2,5-14,16,28,30H,3-4,15H2,(H,27,29). The van der Waals surface area contributed by atoms with E-state index in [0.29, 0.717) is 22.2 Å². The van der Waals surface area contributed by atoms with Crippen LogP contribution < -0.4 is 5.48 Å². The quantitative estimate of drug-likeness (QED) is 0.327. The summed E-state index contributed by atoms with van der Waals surface area (Å²) in [5, 5.41) is 18.8. The molecule has 0 aliphatic carbocycles. The number of aliphatic hydroxyl groups is 1. The van der Waals surface area contributed by atoms with Crippen LogP contribution in [0.1, 0.15) is 22.3 Å². The van der Waals surface area contributed by atoms with Crippen molar-refractivity contribution in [3.8, 4) is 22.4 Å². The number of hydrogen-bond acceptors (Lipinski definition) is 4. The zero-order chi connectivity index (χ0) is 20.9. The molecule has 0 atom stereocenters. The number of para-hydroxylation sites is 1. The third kappa shape index (κ3) is 4.08. The average molecular weight is 398 g/mol. The van der Waals surface area contributed by atoms with Gasteiger partial charge in [0, 0.05) is 17.6 Å². The summed E-state index contributed by atoms with van der Waals surface area (Å²) in [6, 6.07) is 25.4. The summed E-state index contributed by atoms with van der Waals surface area (Å²) in [4.78, 5) is 16.8. The number of fused-ring (bicyclic) bond motifs is 1. The SMILES string of the molecule is O=C(NO)c1cc(-c2ccc(-c3ccc(CCCO)cc3)cc2)nc2ccccc12. The van der Waals surface area contributed by atoms with Gasteiger partial charge >= 0.3 is 0 Å². The van der Waals surface area contributed by atoms with Gasteiger partial charge in [-0.3, -0.25) is 10.0 Å². The van der Waals surface area contributed by atoms with Crippen molar-refractivity contribution >= 4 is 16.8 Å². The molecule has 5 heteroatoms. The van der Waals surface area contributed by atoms with Crippen molar-refractivity contribution in [1.29, 1.82) is 0 Å². The van der Waals surface area contributed by atoms with Crippen LogP contribution in [0, 0.1) is 0 Å². The van der Waals surface area contributed by atoms with E-state index in [1.54, 1.807) is 11.5 Å². The van der Waals surface area contributed by atoms with E-state index in [4.69, 9.17) is 10.3 Å². The van der Waals surface area contributed by atoms with Gasteiger partial charge in [0.05, 0.1) is 16.8 Å².